The Morgan fingerprint density at radius 3 is 2.87 bits per heavy atom. The Bertz CT molecular complexity index is 330. The first-order chi connectivity index (χ1) is 7.16. The van der Waals surface area contributed by atoms with Crippen LogP contribution in [-0.4, -0.2) is 12.6 Å². The summed E-state index contributed by atoms with van der Waals surface area (Å²) in [7, 11) is 0. The van der Waals surface area contributed by atoms with Crippen LogP contribution in [0.25, 0.3) is 0 Å². The second kappa shape index (κ2) is 4.36. The van der Waals surface area contributed by atoms with E-state index in [1.807, 2.05) is 0 Å². The average molecular weight is 203 g/mol. The Morgan fingerprint density at radius 1 is 1.40 bits per heavy atom. The van der Waals surface area contributed by atoms with Gasteiger partial charge in [-0.05, 0) is 37.3 Å². The summed E-state index contributed by atoms with van der Waals surface area (Å²) in [6, 6.07) is 9.57. The van der Waals surface area contributed by atoms with Gasteiger partial charge >= 0.3 is 0 Å². The molecule has 0 radical (unpaired) electrons. The highest BCUT2D eigenvalue weighted by Gasteiger charge is 2.37. The van der Waals surface area contributed by atoms with Crippen molar-refractivity contribution in [2.45, 2.75) is 39.2 Å². The standard InChI is InChI=1S/C14H21N/c1-10(2)15-9-13-8-14(13)12-6-4-5-11(3)7-12/h4-7,10,13-15H,8-9H2,1-3H3. The van der Waals surface area contributed by atoms with Crippen molar-refractivity contribution in [1.82, 2.24) is 5.32 Å². The lowest BCUT2D eigenvalue weighted by atomic mass is 10.1. The molecule has 1 aromatic rings. The SMILES string of the molecule is Cc1cccc(C2CC2CNC(C)C)c1. The molecule has 82 valence electrons. The van der Waals surface area contributed by atoms with Crippen LogP contribution in [0.4, 0.5) is 0 Å². The number of nitrogens with one attached hydrogen (secondary N) is 1. The van der Waals surface area contributed by atoms with Gasteiger partial charge in [0, 0.05) is 6.04 Å². The first-order valence-corrected chi connectivity index (χ1v) is 5.97. The molecule has 0 aromatic heterocycles. The lowest BCUT2D eigenvalue weighted by molar-refractivity contribution is 0.554. The number of benzene rings is 1. The van der Waals surface area contributed by atoms with Crippen molar-refractivity contribution in [3.8, 4) is 0 Å². The van der Waals surface area contributed by atoms with Gasteiger partial charge in [0.15, 0.2) is 0 Å². The van der Waals surface area contributed by atoms with E-state index in [0.29, 0.717) is 6.04 Å². The van der Waals surface area contributed by atoms with Crippen LogP contribution in [0.1, 0.15) is 37.3 Å². The molecule has 1 aromatic carbocycles. The fourth-order valence-electron chi connectivity index (χ4n) is 2.17. The highest BCUT2D eigenvalue weighted by atomic mass is 14.9. The molecule has 2 unspecified atom stereocenters. The second-order valence-electron chi connectivity index (χ2n) is 5.08. The summed E-state index contributed by atoms with van der Waals surface area (Å²) >= 11 is 0. The Kier molecular flexibility index (Phi) is 3.11. The summed E-state index contributed by atoms with van der Waals surface area (Å²) in [5.74, 6) is 1.69. The monoisotopic (exact) mass is 203 g/mol. The summed E-state index contributed by atoms with van der Waals surface area (Å²) in [6.07, 6.45) is 1.36. The van der Waals surface area contributed by atoms with Crippen LogP contribution in [0.5, 0.6) is 0 Å². The molecule has 1 N–H and O–H groups in total. The van der Waals surface area contributed by atoms with Gasteiger partial charge in [-0.15, -0.1) is 0 Å². The summed E-state index contributed by atoms with van der Waals surface area (Å²) in [5.41, 5.74) is 2.92. The van der Waals surface area contributed by atoms with Gasteiger partial charge in [-0.3, -0.25) is 0 Å². The minimum absolute atomic E-state index is 0.615. The predicted octanol–water partition coefficient (Wildman–Crippen LogP) is 3.10. The van der Waals surface area contributed by atoms with E-state index >= 15 is 0 Å². The summed E-state index contributed by atoms with van der Waals surface area (Å²) in [6.45, 7) is 7.78. The lowest BCUT2D eigenvalue weighted by Crippen LogP contribution is -2.25. The molecule has 1 fully saturated rings. The van der Waals surface area contributed by atoms with Crippen molar-refractivity contribution in [3.05, 3.63) is 35.4 Å². The molecule has 2 rings (SSSR count). The van der Waals surface area contributed by atoms with Gasteiger partial charge in [0.25, 0.3) is 0 Å². The third-order valence-corrected chi connectivity index (χ3v) is 3.18. The van der Waals surface area contributed by atoms with Gasteiger partial charge in [0.05, 0.1) is 0 Å². The van der Waals surface area contributed by atoms with E-state index in [1.54, 1.807) is 0 Å². The molecular formula is C14H21N. The largest absolute Gasteiger partial charge is 0.314 e. The molecule has 1 nitrogen and oxygen atoms in total. The van der Waals surface area contributed by atoms with Crippen LogP contribution >= 0.6 is 0 Å². The van der Waals surface area contributed by atoms with Crippen LogP contribution in [0.15, 0.2) is 24.3 Å². The summed E-state index contributed by atoms with van der Waals surface area (Å²) in [4.78, 5) is 0. The Morgan fingerprint density at radius 2 is 2.20 bits per heavy atom. The molecular weight excluding hydrogens is 182 g/mol. The predicted molar refractivity (Wildman–Crippen MR) is 65.2 cm³/mol. The van der Waals surface area contributed by atoms with Crippen LogP contribution in [0.3, 0.4) is 0 Å². The molecule has 0 bridgehead atoms. The van der Waals surface area contributed by atoms with Gasteiger partial charge in [0.1, 0.15) is 0 Å². The first kappa shape index (κ1) is 10.7. The van der Waals surface area contributed by atoms with Crippen LogP contribution in [0, 0.1) is 12.8 Å². The zero-order valence-electron chi connectivity index (χ0n) is 9.96. The van der Waals surface area contributed by atoms with E-state index in [4.69, 9.17) is 0 Å². The van der Waals surface area contributed by atoms with Crippen molar-refractivity contribution in [1.29, 1.82) is 0 Å². The highest BCUT2D eigenvalue weighted by molar-refractivity contribution is 5.29. The molecule has 0 aliphatic heterocycles. The normalized spacial score (nSPS) is 24.5. The minimum Gasteiger partial charge on any atom is -0.314 e. The maximum Gasteiger partial charge on any atom is 0.00104 e. The van der Waals surface area contributed by atoms with E-state index in [0.717, 1.165) is 11.8 Å². The van der Waals surface area contributed by atoms with Gasteiger partial charge in [-0.2, -0.15) is 0 Å². The van der Waals surface area contributed by atoms with Gasteiger partial charge < -0.3 is 5.32 Å². The maximum atomic E-state index is 3.52. The summed E-state index contributed by atoms with van der Waals surface area (Å²) in [5, 5.41) is 3.52. The zero-order chi connectivity index (χ0) is 10.8. The molecule has 1 aliphatic rings. The molecule has 1 saturated carbocycles. The molecule has 0 amide bonds. The molecule has 1 heteroatoms. The topological polar surface area (TPSA) is 12.0 Å². The van der Waals surface area contributed by atoms with Gasteiger partial charge in [-0.25, -0.2) is 0 Å². The van der Waals surface area contributed by atoms with Gasteiger partial charge in [-0.1, -0.05) is 43.7 Å². The molecule has 0 heterocycles. The maximum absolute atomic E-state index is 3.52. The average Bonchev–Trinajstić information content (AvgIpc) is 2.94. The number of hydrogen-bond donors (Lipinski definition) is 1. The molecule has 0 saturated heterocycles. The number of aryl methyl sites for hydroxylation is 1. The van der Waals surface area contributed by atoms with Crippen LogP contribution in [-0.2, 0) is 0 Å². The molecule has 0 spiro atoms. The smallest absolute Gasteiger partial charge is 0.00104 e. The van der Waals surface area contributed by atoms with E-state index in [9.17, 15) is 0 Å². The Balaban J connectivity index is 1.88. The van der Waals surface area contributed by atoms with Crippen molar-refractivity contribution in [3.63, 3.8) is 0 Å². The fourth-order valence-corrected chi connectivity index (χ4v) is 2.17. The number of hydrogen-bond acceptors (Lipinski definition) is 1. The van der Waals surface area contributed by atoms with E-state index in [1.165, 1.54) is 24.1 Å². The third-order valence-electron chi connectivity index (χ3n) is 3.18. The number of rotatable bonds is 4. The van der Waals surface area contributed by atoms with E-state index in [-0.39, 0.29) is 0 Å². The van der Waals surface area contributed by atoms with Crippen molar-refractivity contribution in [2.75, 3.05) is 6.54 Å². The third kappa shape index (κ3) is 2.82. The minimum atomic E-state index is 0.615. The zero-order valence-corrected chi connectivity index (χ0v) is 9.96. The van der Waals surface area contributed by atoms with E-state index in [2.05, 4.69) is 50.4 Å². The van der Waals surface area contributed by atoms with Crippen molar-refractivity contribution < 1.29 is 0 Å². The molecule has 2 atom stereocenters. The van der Waals surface area contributed by atoms with Crippen LogP contribution < -0.4 is 5.32 Å². The summed E-state index contributed by atoms with van der Waals surface area (Å²) < 4.78 is 0. The lowest BCUT2D eigenvalue weighted by Gasteiger charge is -2.07. The Hall–Kier alpha value is -0.820. The van der Waals surface area contributed by atoms with Crippen molar-refractivity contribution >= 4 is 0 Å². The molecule has 15 heavy (non-hydrogen) atoms. The van der Waals surface area contributed by atoms with Gasteiger partial charge in [0.2, 0.25) is 0 Å². The second-order valence-corrected chi connectivity index (χ2v) is 5.08. The van der Waals surface area contributed by atoms with Crippen molar-refractivity contribution in [2.24, 2.45) is 5.92 Å². The van der Waals surface area contributed by atoms with E-state index < -0.39 is 0 Å². The quantitative estimate of drug-likeness (QED) is 0.793. The first-order valence-electron chi connectivity index (χ1n) is 5.97. The highest BCUT2D eigenvalue weighted by Crippen LogP contribution is 2.47. The Labute approximate surface area is 92.9 Å². The molecule has 1 aliphatic carbocycles. The fraction of sp³-hybridized carbons (Fsp3) is 0.571. The van der Waals surface area contributed by atoms with Crippen LogP contribution in [0.2, 0.25) is 0 Å².